The molecule has 1 atom stereocenters. The maximum absolute atomic E-state index is 13.2. The van der Waals surface area contributed by atoms with E-state index in [2.05, 4.69) is 17.4 Å². The second kappa shape index (κ2) is 10.3. The Kier molecular flexibility index (Phi) is 7.49. The molecule has 3 aromatic rings. The summed E-state index contributed by atoms with van der Waals surface area (Å²) in [6.07, 6.45) is 2.49. The quantitative estimate of drug-likeness (QED) is 0.543. The van der Waals surface area contributed by atoms with E-state index in [9.17, 15) is 9.59 Å². The number of rotatable bonds is 8. The summed E-state index contributed by atoms with van der Waals surface area (Å²) >= 11 is 3.05. The van der Waals surface area contributed by atoms with Gasteiger partial charge in [-0.1, -0.05) is 48.5 Å². The van der Waals surface area contributed by atoms with E-state index in [1.54, 1.807) is 29.8 Å². The molecule has 0 unspecified atom stereocenters. The van der Waals surface area contributed by atoms with Crippen LogP contribution in [0.3, 0.4) is 0 Å². The van der Waals surface area contributed by atoms with Gasteiger partial charge in [0.1, 0.15) is 6.04 Å². The van der Waals surface area contributed by atoms with Crippen LogP contribution >= 0.6 is 23.1 Å². The molecular weight excluding hydrogens is 400 g/mol. The molecule has 150 valence electrons. The molecule has 2 aromatic carbocycles. The highest BCUT2D eigenvalue weighted by atomic mass is 32.2. The van der Waals surface area contributed by atoms with Crippen LogP contribution in [-0.4, -0.2) is 36.1 Å². The van der Waals surface area contributed by atoms with Gasteiger partial charge in [0.2, 0.25) is 5.91 Å². The van der Waals surface area contributed by atoms with E-state index in [0.29, 0.717) is 17.8 Å². The van der Waals surface area contributed by atoms with Crippen molar-refractivity contribution in [2.45, 2.75) is 23.9 Å². The molecule has 4 nitrogen and oxygen atoms in total. The number of benzene rings is 2. The number of amides is 2. The van der Waals surface area contributed by atoms with E-state index in [-0.39, 0.29) is 11.8 Å². The minimum Gasteiger partial charge on any atom is -0.340 e. The van der Waals surface area contributed by atoms with Crippen LogP contribution in [0.5, 0.6) is 0 Å². The molecule has 0 aliphatic heterocycles. The van der Waals surface area contributed by atoms with Crippen LogP contribution in [0.1, 0.15) is 20.8 Å². The van der Waals surface area contributed by atoms with Crippen LogP contribution in [0.15, 0.2) is 77.0 Å². The first kappa shape index (κ1) is 21.1. The zero-order valence-corrected chi connectivity index (χ0v) is 18.1. The van der Waals surface area contributed by atoms with Gasteiger partial charge in [-0.25, -0.2) is 0 Å². The number of thioether (sulfide) groups is 1. The minimum absolute atomic E-state index is 0.104. The normalized spacial score (nSPS) is 11.7. The third kappa shape index (κ3) is 5.95. The van der Waals surface area contributed by atoms with E-state index in [4.69, 9.17) is 0 Å². The Hall–Kier alpha value is -2.57. The standard InChI is InChI=1S/C23H24N2O2S2/c1-25(16-18-10-12-19(28-2)13-11-18)23(27)20(15-17-7-4-3-5-8-17)24-22(26)21-9-6-14-29-21/h3-14,20H,15-16H2,1-2H3,(H,24,26)/t20-/m0/s1. The molecule has 1 heterocycles. The fourth-order valence-electron chi connectivity index (χ4n) is 3.04. The van der Waals surface area contributed by atoms with Gasteiger partial charge in [0.15, 0.2) is 0 Å². The maximum Gasteiger partial charge on any atom is 0.262 e. The van der Waals surface area contributed by atoms with Crippen LogP contribution in [0, 0.1) is 0 Å². The summed E-state index contributed by atoms with van der Waals surface area (Å²) in [5.41, 5.74) is 2.07. The first-order valence-electron chi connectivity index (χ1n) is 9.33. The van der Waals surface area contributed by atoms with E-state index in [1.165, 1.54) is 16.2 Å². The van der Waals surface area contributed by atoms with E-state index < -0.39 is 6.04 Å². The highest BCUT2D eigenvalue weighted by Gasteiger charge is 2.25. The van der Waals surface area contributed by atoms with Crippen molar-refractivity contribution in [3.63, 3.8) is 0 Å². The number of nitrogens with one attached hydrogen (secondary N) is 1. The molecule has 1 aromatic heterocycles. The summed E-state index contributed by atoms with van der Waals surface area (Å²) in [5.74, 6) is -0.320. The summed E-state index contributed by atoms with van der Waals surface area (Å²) in [5, 5.41) is 4.78. The van der Waals surface area contributed by atoms with Gasteiger partial charge in [0, 0.05) is 24.9 Å². The Morgan fingerprint density at radius 2 is 1.72 bits per heavy atom. The van der Waals surface area contributed by atoms with Crippen molar-refractivity contribution in [2.75, 3.05) is 13.3 Å². The first-order valence-corrected chi connectivity index (χ1v) is 11.4. The number of hydrogen-bond acceptors (Lipinski definition) is 4. The first-order chi connectivity index (χ1) is 14.1. The average molecular weight is 425 g/mol. The molecule has 0 bridgehead atoms. The lowest BCUT2D eigenvalue weighted by atomic mass is 10.0. The Balaban J connectivity index is 1.73. The largest absolute Gasteiger partial charge is 0.340 e. The van der Waals surface area contributed by atoms with Crippen LogP contribution in [0.4, 0.5) is 0 Å². The predicted molar refractivity (Wildman–Crippen MR) is 120 cm³/mol. The second-order valence-corrected chi connectivity index (χ2v) is 8.56. The lowest BCUT2D eigenvalue weighted by Gasteiger charge is -2.25. The smallest absolute Gasteiger partial charge is 0.262 e. The molecule has 3 rings (SSSR count). The third-order valence-corrected chi connectivity index (χ3v) is 6.20. The van der Waals surface area contributed by atoms with E-state index >= 15 is 0 Å². The van der Waals surface area contributed by atoms with Gasteiger partial charge in [-0.05, 0) is 41.0 Å². The maximum atomic E-state index is 13.2. The molecule has 29 heavy (non-hydrogen) atoms. The monoisotopic (exact) mass is 424 g/mol. The van der Waals surface area contributed by atoms with Gasteiger partial charge in [0.05, 0.1) is 4.88 Å². The van der Waals surface area contributed by atoms with Crippen LogP contribution < -0.4 is 5.32 Å². The van der Waals surface area contributed by atoms with Gasteiger partial charge in [-0.15, -0.1) is 23.1 Å². The van der Waals surface area contributed by atoms with Crippen molar-refractivity contribution in [3.8, 4) is 0 Å². The molecule has 0 spiro atoms. The summed E-state index contributed by atoms with van der Waals surface area (Å²) < 4.78 is 0. The van der Waals surface area contributed by atoms with Crippen LogP contribution in [0.2, 0.25) is 0 Å². The topological polar surface area (TPSA) is 49.4 Å². The van der Waals surface area contributed by atoms with Crippen molar-refractivity contribution < 1.29 is 9.59 Å². The lowest BCUT2D eigenvalue weighted by Crippen LogP contribution is -2.48. The SMILES string of the molecule is CSc1ccc(CN(C)C(=O)[C@H](Cc2ccccc2)NC(=O)c2cccs2)cc1. The Labute approximate surface area is 179 Å². The molecule has 1 N–H and O–H groups in total. The summed E-state index contributed by atoms with van der Waals surface area (Å²) in [6.45, 7) is 0.494. The van der Waals surface area contributed by atoms with Crippen molar-refractivity contribution in [1.29, 1.82) is 0 Å². The molecule has 2 amide bonds. The number of likely N-dealkylation sites (N-methyl/N-ethyl adjacent to an activating group) is 1. The van der Waals surface area contributed by atoms with Gasteiger partial charge in [0.25, 0.3) is 5.91 Å². The number of nitrogens with zero attached hydrogens (tertiary/aromatic N) is 1. The minimum atomic E-state index is -0.623. The predicted octanol–water partition coefficient (Wildman–Crippen LogP) is 4.47. The zero-order valence-electron chi connectivity index (χ0n) is 16.5. The van der Waals surface area contributed by atoms with Crippen molar-refractivity contribution in [2.24, 2.45) is 0 Å². The summed E-state index contributed by atoms with van der Waals surface area (Å²) in [4.78, 5) is 29.2. The third-order valence-electron chi connectivity index (χ3n) is 4.59. The number of carbonyl (C=O) groups excluding carboxylic acids is 2. The molecule has 0 aliphatic rings. The Morgan fingerprint density at radius 3 is 2.34 bits per heavy atom. The highest BCUT2D eigenvalue weighted by Crippen LogP contribution is 2.16. The fraction of sp³-hybridized carbons (Fsp3) is 0.217. The molecule has 0 saturated carbocycles. The molecule has 0 fully saturated rings. The lowest BCUT2D eigenvalue weighted by molar-refractivity contribution is -0.132. The van der Waals surface area contributed by atoms with E-state index in [0.717, 1.165) is 11.1 Å². The molecule has 6 heteroatoms. The highest BCUT2D eigenvalue weighted by molar-refractivity contribution is 7.98. The summed E-state index contributed by atoms with van der Waals surface area (Å²) in [6, 6.07) is 20.9. The average Bonchev–Trinajstić information content (AvgIpc) is 3.29. The Bertz CT molecular complexity index is 925. The van der Waals surface area contributed by atoms with Gasteiger partial charge >= 0.3 is 0 Å². The van der Waals surface area contributed by atoms with E-state index in [1.807, 2.05) is 60.2 Å². The molecule has 0 aliphatic carbocycles. The van der Waals surface area contributed by atoms with Crippen LogP contribution in [-0.2, 0) is 17.8 Å². The summed E-state index contributed by atoms with van der Waals surface area (Å²) in [7, 11) is 1.78. The second-order valence-electron chi connectivity index (χ2n) is 6.74. The van der Waals surface area contributed by atoms with Gasteiger partial charge in [-0.3, -0.25) is 9.59 Å². The number of thiophene rings is 1. The van der Waals surface area contributed by atoms with Crippen molar-refractivity contribution in [1.82, 2.24) is 10.2 Å². The molecular formula is C23H24N2O2S2. The van der Waals surface area contributed by atoms with Crippen molar-refractivity contribution in [3.05, 3.63) is 88.1 Å². The number of carbonyl (C=O) groups is 2. The number of hydrogen-bond donors (Lipinski definition) is 1. The Morgan fingerprint density at radius 1 is 1.00 bits per heavy atom. The molecule has 0 radical (unpaired) electrons. The zero-order chi connectivity index (χ0) is 20.6. The fourth-order valence-corrected chi connectivity index (χ4v) is 4.07. The van der Waals surface area contributed by atoms with Gasteiger partial charge < -0.3 is 10.2 Å². The molecule has 0 saturated heterocycles. The van der Waals surface area contributed by atoms with Crippen LogP contribution in [0.25, 0.3) is 0 Å². The van der Waals surface area contributed by atoms with Crippen molar-refractivity contribution >= 4 is 34.9 Å². The van der Waals surface area contributed by atoms with Gasteiger partial charge in [-0.2, -0.15) is 0 Å².